The molecule has 1 aromatic carbocycles. The Labute approximate surface area is 115 Å². The van der Waals surface area contributed by atoms with Crippen molar-refractivity contribution in [1.29, 1.82) is 0 Å². The Morgan fingerprint density at radius 2 is 2.11 bits per heavy atom. The molecule has 106 valence electrons. The van der Waals surface area contributed by atoms with Crippen molar-refractivity contribution < 1.29 is 13.2 Å². The summed E-state index contributed by atoms with van der Waals surface area (Å²) in [4.78, 5) is 0. The van der Waals surface area contributed by atoms with Crippen LogP contribution in [0.15, 0.2) is 24.3 Å². The summed E-state index contributed by atoms with van der Waals surface area (Å²) in [5.41, 5.74) is 1.11. The Hall–Kier alpha value is -1.07. The number of aryl methyl sites for hydroxylation is 1. The minimum Gasteiger partial charge on any atom is -0.493 e. The summed E-state index contributed by atoms with van der Waals surface area (Å²) in [6, 6.07) is 7.89. The molecular formula is C14H21NO3S. The molecule has 2 rings (SSSR count). The number of sulfonamides is 1. The monoisotopic (exact) mass is 283 g/mol. The Balaban J connectivity index is 1.92. The van der Waals surface area contributed by atoms with Crippen LogP contribution in [0.25, 0.3) is 0 Å². The predicted molar refractivity (Wildman–Crippen MR) is 75.8 cm³/mol. The van der Waals surface area contributed by atoms with Crippen molar-refractivity contribution in [2.45, 2.75) is 19.8 Å². The lowest BCUT2D eigenvalue weighted by atomic mass is 10.0. The lowest BCUT2D eigenvalue weighted by Crippen LogP contribution is -2.40. The van der Waals surface area contributed by atoms with Crippen molar-refractivity contribution in [1.82, 2.24) is 4.31 Å². The van der Waals surface area contributed by atoms with Crippen molar-refractivity contribution >= 4 is 10.0 Å². The van der Waals surface area contributed by atoms with Gasteiger partial charge in [-0.25, -0.2) is 12.7 Å². The first-order valence-electron chi connectivity index (χ1n) is 6.60. The Bertz CT molecular complexity index is 527. The first-order chi connectivity index (χ1) is 8.97. The Kier molecular flexibility index (Phi) is 4.47. The minimum absolute atomic E-state index is 0.281. The average molecular weight is 283 g/mol. The van der Waals surface area contributed by atoms with E-state index >= 15 is 0 Å². The van der Waals surface area contributed by atoms with E-state index < -0.39 is 10.0 Å². The molecule has 0 bridgehead atoms. The first-order valence-corrected chi connectivity index (χ1v) is 8.45. The van der Waals surface area contributed by atoms with E-state index in [1.165, 1.54) is 6.26 Å². The molecule has 1 aliphatic heterocycles. The van der Waals surface area contributed by atoms with Crippen LogP contribution >= 0.6 is 0 Å². The zero-order valence-corrected chi connectivity index (χ0v) is 12.3. The summed E-state index contributed by atoms with van der Waals surface area (Å²) >= 11 is 0. The van der Waals surface area contributed by atoms with E-state index in [0.29, 0.717) is 19.7 Å². The minimum atomic E-state index is -3.07. The van der Waals surface area contributed by atoms with Gasteiger partial charge in [0.25, 0.3) is 0 Å². The fourth-order valence-electron chi connectivity index (χ4n) is 2.39. The number of benzene rings is 1. The summed E-state index contributed by atoms with van der Waals surface area (Å²) in [5.74, 6) is 1.17. The summed E-state index contributed by atoms with van der Waals surface area (Å²) in [6.45, 7) is 3.81. The van der Waals surface area contributed by atoms with Crippen LogP contribution in [-0.2, 0) is 10.0 Å². The molecule has 0 aliphatic carbocycles. The second kappa shape index (κ2) is 5.92. The van der Waals surface area contributed by atoms with E-state index in [2.05, 4.69) is 0 Å². The average Bonchev–Trinajstić information content (AvgIpc) is 2.37. The molecule has 1 aliphatic rings. The van der Waals surface area contributed by atoms with Crippen molar-refractivity contribution in [3.05, 3.63) is 29.8 Å². The van der Waals surface area contributed by atoms with Crippen LogP contribution in [0.1, 0.15) is 18.4 Å². The summed E-state index contributed by atoms with van der Waals surface area (Å²) in [7, 11) is -3.07. The SMILES string of the molecule is Cc1ccccc1OCC1CCCN(S(C)(=O)=O)C1. The third-order valence-electron chi connectivity index (χ3n) is 3.52. The molecule has 0 saturated carbocycles. The van der Waals surface area contributed by atoms with E-state index in [-0.39, 0.29) is 5.92 Å². The summed E-state index contributed by atoms with van der Waals surface area (Å²) < 4.78 is 30.5. The van der Waals surface area contributed by atoms with Gasteiger partial charge < -0.3 is 4.74 Å². The molecule has 19 heavy (non-hydrogen) atoms. The maximum Gasteiger partial charge on any atom is 0.211 e. The van der Waals surface area contributed by atoms with Crippen LogP contribution in [0.4, 0.5) is 0 Å². The molecular weight excluding hydrogens is 262 g/mol. The molecule has 0 radical (unpaired) electrons. The van der Waals surface area contributed by atoms with E-state index in [9.17, 15) is 8.42 Å². The number of ether oxygens (including phenoxy) is 1. The van der Waals surface area contributed by atoms with E-state index in [1.54, 1.807) is 4.31 Å². The molecule has 0 N–H and O–H groups in total. The van der Waals surface area contributed by atoms with Gasteiger partial charge in [-0.3, -0.25) is 0 Å². The lowest BCUT2D eigenvalue weighted by molar-refractivity contribution is 0.180. The zero-order chi connectivity index (χ0) is 13.9. The van der Waals surface area contributed by atoms with Gasteiger partial charge in [0.05, 0.1) is 12.9 Å². The van der Waals surface area contributed by atoms with Crippen LogP contribution in [0, 0.1) is 12.8 Å². The molecule has 1 atom stereocenters. The maximum absolute atomic E-state index is 11.5. The second-order valence-corrected chi connectivity index (χ2v) is 7.19. The number of piperidine rings is 1. The van der Waals surface area contributed by atoms with Crippen molar-refractivity contribution in [3.63, 3.8) is 0 Å². The maximum atomic E-state index is 11.5. The van der Waals surface area contributed by atoms with Crippen LogP contribution in [0.5, 0.6) is 5.75 Å². The van der Waals surface area contributed by atoms with Crippen LogP contribution < -0.4 is 4.74 Å². The van der Waals surface area contributed by atoms with Crippen LogP contribution in [0.3, 0.4) is 0 Å². The van der Waals surface area contributed by atoms with Crippen molar-refractivity contribution in [2.24, 2.45) is 5.92 Å². The molecule has 1 fully saturated rings. The van der Waals surface area contributed by atoms with Crippen molar-refractivity contribution in [2.75, 3.05) is 26.0 Å². The van der Waals surface area contributed by atoms with Gasteiger partial charge in [-0.1, -0.05) is 18.2 Å². The van der Waals surface area contributed by atoms with E-state index in [0.717, 1.165) is 24.2 Å². The van der Waals surface area contributed by atoms with Crippen molar-refractivity contribution in [3.8, 4) is 5.75 Å². The molecule has 1 heterocycles. The quantitative estimate of drug-likeness (QED) is 0.849. The van der Waals surface area contributed by atoms with Gasteiger partial charge in [-0.15, -0.1) is 0 Å². The summed E-state index contributed by atoms with van der Waals surface area (Å²) in [6.07, 6.45) is 3.21. The number of rotatable bonds is 4. The highest BCUT2D eigenvalue weighted by Crippen LogP contribution is 2.22. The first kappa shape index (κ1) is 14.3. The molecule has 4 nitrogen and oxygen atoms in total. The summed E-state index contributed by atoms with van der Waals surface area (Å²) in [5, 5.41) is 0. The highest BCUT2D eigenvalue weighted by molar-refractivity contribution is 7.88. The number of hydrogen-bond donors (Lipinski definition) is 0. The predicted octanol–water partition coefficient (Wildman–Crippen LogP) is 2.05. The highest BCUT2D eigenvalue weighted by atomic mass is 32.2. The Morgan fingerprint density at radius 1 is 1.37 bits per heavy atom. The smallest absolute Gasteiger partial charge is 0.211 e. The van der Waals surface area contributed by atoms with E-state index in [1.807, 2.05) is 31.2 Å². The van der Waals surface area contributed by atoms with Gasteiger partial charge in [0, 0.05) is 19.0 Å². The standard InChI is InChI=1S/C14H21NO3S/c1-12-6-3-4-8-14(12)18-11-13-7-5-9-15(10-13)19(2,16)17/h3-4,6,8,13H,5,7,9-11H2,1-2H3. The topological polar surface area (TPSA) is 46.6 Å². The zero-order valence-electron chi connectivity index (χ0n) is 11.5. The third-order valence-corrected chi connectivity index (χ3v) is 4.79. The van der Waals surface area contributed by atoms with Crippen LogP contribution in [-0.4, -0.2) is 38.7 Å². The molecule has 0 spiro atoms. The molecule has 0 aromatic heterocycles. The lowest BCUT2D eigenvalue weighted by Gasteiger charge is -2.30. The molecule has 5 heteroatoms. The fraction of sp³-hybridized carbons (Fsp3) is 0.571. The fourth-order valence-corrected chi connectivity index (χ4v) is 3.33. The molecule has 1 aromatic rings. The number of hydrogen-bond acceptors (Lipinski definition) is 3. The van der Waals surface area contributed by atoms with Gasteiger partial charge in [0.1, 0.15) is 5.75 Å². The van der Waals surface area contributed by atoms with Gasteiger partial charge in [0.2, 0.25) is 10.0 Å². The van der Waals surface area contributed by atoms with Gasteiger partial charge in [-0.05, 0) is 31.4 Å². The molecule has 1 unspecified atom stereocenters. The number of nitrogens with zero attached hydrogens (tertiary/aromatic N) is 1. The Morgan fingerprint density at radius 3 is 2.79 bits per heavy atom. The highest BCUT2D eigenvalue weighted by Gasteiger charge is 2.26. The van der Waals surface area contributed by atoms with Gasteiger partial charge in [-0.2, -0.15) is 0 Å². The van der Waals surface area contributed by atoms with Gasteiger partial charge in [0.15, 0.2) is 0 Å². The van der Waals surface area contributed by atoms with Gasteiger partial charge >= 0.3 is 0 Å². The molecule has 0 amide bonds. The second-order valence-electron chi connectivity index (χ2n) is 5.21. The number of para-hydroxylation sites is 1. The normalized spacial score (nSPS) is 21.3. The largest absolute Gasteiger partial charge is 0.493 e. The molecule has 1 saturated heterocycles. The third kappa shape index (κ3) is 3.94. The van der Waals surface area contributed by atoms with Crippen LogP contribution in [0.2, 0.25) is 0 Å². The van der Waals surface area contributed by atoms with E-state index in [4.69, 9.17) is 4.74 Å².